The van der Waals surface area contributed by atoms with Gasteiger partial charge in [0.05, 0.1) is 31.3 Å². The molecule has 2 N–H and O–H groups in total. The van der Waals surface area contributed by atoms with Crippen molar-refractivity contribution < 1.29 is 47.7 Å². The third kappa shape index (κ3) is 6.24. The van der Waals surface area contributed by atoms with Gasteiger partial charge in [-0.25, -0.2) is 14.4 Å². The van der Waals surface area contributed by atoms with Gasteiger partial charge in [-0.2, -0.15) is 0 Å². The molecule has 4 saturated heterocycles. The fraction of sp³-hybridized carbons (Fsp3) is 0.595. The van der Waals surface area contributed by atoms with Crippen LogP contribution in [0.4, 0.5) is 0 Å². The topological polar surface area (TPSA) is 137 Å². The number of esters is 3. The van der Waals surface area contributed by atoms with E-state index in [1.807, 2.05) is 57.2 Å². The van der Waals surface area contributed by atoms with Crippen LogP contribution in [0.5, 0.6) is 0 Å². The number of hydrogen-bond donors (Lipinski definition) is 2. The monoisotopic (exact) mass is 744 g/mol. The van der Waals surface area contributed by atoms with Gasteiger partial charge in [0.1, 0.15) is 42.3 Å². The Morgan fingerprint density at radius 3 is 2.52 bits per heavy atom. The van der Waals surface area contributed by atoms with Crippen LogP contribution in [0.3, 0.4) is 0 Å². The summed E-state index contributed by atoms with van der Waals surface area (Å²) >= 11 is 0. The molecule has 5 aliphatic heterocycles. The van der Waals surface area contributed by atoms with Crippen LogP contribution in [0.15, 0.2) is 66.4 Å². The molecule has 54 heavy (non-hydrogen) atoms. The molecule has 5 fully saturated rings. The van der Waals surface area contributed by atoms with Gasteiger partial charge in [0.2, 0.25) is 0 Å². The van der Waals surface area contributed by atoms with E-state index in [1.165, 1.54) is 7.11 Å². The van der Waals surface area contributed by atoms with E-state index in [9.17, 15) is 19.5 Å². The number of hydrogen-bond acceptors (Lipinski definition) is 10. The van der Waals surface area contributed by atoms with Gasteiger partial charge >= 0.3 is 17.9 Å². The lowest BCUT2D eigenvalue weighted by Crippen LogP contribution is -2.66. The molecule has 6 bridgehead atoms. The third-order valence-electron chi connectivity index (χ3n) is 13.6. The number of H-pyrrole nitrogens is 1. The number of quaternary nitrogens is 1. The Morgan fingerprint density at radius 2 is 1.81 bits per heavy atom. The molecule has 12 heteroatoms. The molecule has 2 unspecified atom stereocenters. The summed E-state index contributed by atoms with van der Waals surface area (Å²) in [7, 11) is 1.48. The molecule has 7 aliphatic rings. The largest absolute Gasteiger partial charge is 0.456 e. The maximum Gasteiger partial charge on any atom is 0.355 e. The smallest absolute Gasteiger partial charge is 0.355 e. The minimum Gasteiger partial charge on any atom is -0.456 e. The lowest BCUT2D eigenvalue weighted by atomic mass is 9.57. The summed E-state index contributed by atoms with van der Waals surface area (Å²) in [5.74, 6) is -3.25. The first-order valence-electron chi connectivity index (χ1n) is 19.6. The number of nitrogens with zero attached hydrogens (tertiary/aromatic N) is 2. The number of aliphatic hydroxyl groups is 1. The predicted molar refractivity (Wildman–Crippen MR) is 197 cm³/mol. The maximum absolute atomic E-state index is 14.0. The van der Waals surface area contributed by atoms with Gasteiger partial charge in [0, 0.05) is 68.1 Å². The van der Waals surface area contributed by atoms with Gasteiger partial charge in [0.15, 0.2) is 6.10 Å². The van der Waals surface area contributed by atoms with Gasteiger partial charge in [-0.3, -0.25) is 4.90 Å². The number of cyclic esters (lactones) is 1. The van der Waals surface area contributed by atoms with Crippen LogP contribution in [-0.2, 0) is 35.0 Å². The second-order valence-electron chi connectivity index (χ2n) is 16.6. The summed E-state index contributed by atoms with van der Waals surface area (Å²) in [5.41, 5.74) is 1.70. The molecular weight excluding hydrogens is 690 g/mol. The average molecular weight is 745 g/mol. The number of carbonyl (C=O) groups is 3. The molecule has 0 amide bonds. The summed E-state index contributed by atoms with van der Waals surface area (Å²) < 4.78 is 32.4. The molecule has 2 aromatic rings. The quantitative estimate of drug-likeness (QED) is 0.177. The van der Waals surface area contributed by atoms with Crippen LogP contribution in [0, 0.1) is 29.6 Å². The first kappa shape index (κ1) is 37.1. The number of ether oxygens (including phenoxy) is 5. The molecule has 12 nitrogen and oxygen atoms in total. The highest BCUT2D eigenvalue weighted by Gasteiger charge is 2.69. The van der Waals surface area contributed by atoms with Gasteiger partial charge < -0.3 is 38.3 Å². The second kappa shape index (κ2) is 14.4. The van der Waals surface area contributed by atoms with Crippen molar-refractivity contribution >= 4 is 17.9 Å². The van der Waals surface area contributed by atoms with E-state index >= 15 is 0 Å². The van der Waals surface area contributed by atoms with E-state index in [4.69, 9.17) is 23.7 Å². The number of carbonyl (C=O) groups excluding carboxylic acids is 3. The van der Waals surface area contributed by atoms with E-state index in [0.717, 1.165) is 61.4 Å². The fourth-order valence-electron chi connectivity index (χ4n) is 10.6. The number of piperazine rings is 3. The molecule has 1 saturated carbocycles. The van der Waals surface area contributed by atoms with Crippen molar-refractivity contribution in [3.8, 4) is 0 Å². The number of methoxy groups -OCH3 is 1. The van der Waals surface area contributed by atoms with Gasteiger partial charge in [-0.05, 0) is 44.0 Å². The van der Waals surface area contributed by atoms with Crippen LogP contribution in [0.2, 0.25) is 0 Å². The van der Waals surface area contributed by atoms with E-state index in [1.54, 1.807) is 25.3 Å². The summed E-state index contributed by atoms with van der Waals surface area (Å²) in [6.45, 7) is 14.8. The number of benzene rings is 1. The van der Waals surface area contributed by atoms with Gasteiger partial charge in [-0.15, -0.1) is 0 Å². The number of aromatic nitrogens is 1. The number of fused-ring (bicyclic) bond motifs is 3. The van der Waals surface area contributed by atoms with E-state index in [0.29, 0.717) is 11.3 Å². The Morgan fingerprint density at radius 1 is 1.07 bits per heavy atom. The predicted octanol–water partition coefficient (Wildman–Crippen LogP) is 3.91. The Bertz CT molecular complexity index is 1790. The molecule has 9 rings (SSSR count). The Labute approximate surface area is 317 Å². The molecule has 290 valence electrons. The van der Waals surface area contributed by atoms with Crippen LogP contribution < -0.4 is 0 Å². The first-order chi connectivity index (χ1) is 25.9. The molecular formula is C42H54N3O9+. The van der Waals surface area contributed by atoms with Crippen molar-refractivity contribution in [1.29, 1.82) is 0 Å². The molecule has 1 aromatic heterocycles. The van der Waals surface area contributed by atoms with E-state index in [2.05, 4.69) is 16.0 Å². The summed E-state index contributed by atoms with van der Waals surface area (Å²) in [6.07, 6.45) is 3.38. The lowest BCUT2D eigenvalue weighted by molar-refractivity contribution is -0.953. The first-order valence-corrected chi connectivity index (χ1v) is 19.6. The molecule has 0 radical (unpaired) electrons. The molecule has 1 aromatic carbocycles. The maximum atomic E-state index is 14.0. The zero-order valence-electron chi connectivity index (χ0n) is 31.9. The van der Waals surface area contributed by atoms with Crippen LogP contribution in [-0.4, -0.2) is 126 Å². The van der Waals surface area contributed by atoms with E-state index in [-0.39, 0.29) is 24.2 Å². The number of rotatable bonds is 8. The standard InChI is InChI=1S/C42H53N3O9/c1-24-21-25(2)42-29(12-13-31-34(42)35(46)26(3)37(38(31)54-42)53-40(48)32-11-8-14-43-32)22-33(50-5)41(49)52-36(24)27(4)51-39(47)30-10-7-6-9-28(30)23-45-18-15-44(16-19-45)17-20-45/h6-14,21,24,26-27,29,31,33-38,46H,15-20,22-23H2,1-5H3/p+1/b25-21+/t24-,26-,27?,29?,31-,33+,34+,35-,36+,37-,38-,42+/m1/s1. The highest BCUT2D eigenvalue weighted by molar-refractivity contribution is 5.91. The van der Waals surface area contributed by atoms with Crippen molar-refractivity contribution in [2.45, 2.75) is 82.9 Å². The van der Waals surface area contributed by atoms with Crippen LogP contribution in [0.25, 0.3) is 0 Å². The molecule has 2 aliphatic carbocycles. The summed E-state index contributed by atoms with van der Waals surface area (Å²) in [6, 6.07) is 11.1. The molecule has 12 atom stereocenters. The fourth-order valence-corrected chi connectivity index (χ4v) is 10.6. The van der Waals surface area contributed by atoms with Gasteiger partial charge in [0.25, 0.3) is 0 Å². The van der Waals surface area contributed by atoms with Gasteiger partial charge in [-0.1, -0.05) is 50.3 Å². The third-order valence-corrected chi connectivity index (χ3v) is 13.6. The molecule has 1 spiro atoms. The zero-order valence-corrected chi connectivity index (χ0v) is 31.9. The van der Waals surface area contributed by atoms with Crippen LogP contribution in [0.1, 0.15) is 60.5 Å². The minimum absolute atomic E-state index is 0.224. The normalized spacial score (nSPS) is 41.2. The lowest BCUT2D eigenvalue weighted by Gasteiger charge is -2.50. The Kier molecular flexibility index (Phi) is 9.87. The average Bonchev–Trinajstić information content (AvgIpc) is 3.78. The number of nitrogens with one attached hydrogen (secondary N) is 1. The summed E-state index contributed by atoms with van der Waals surface area (Å²) in [5, 5.41) is 12.0. The van der Waals surface area contributed by atoms with Crippen molar-refractivity contribution in [3.63, 3.8) is 0 Å². The van der Waals surface area contributed by atoms with Crippen molar-refractivity contribution in [1.82, 2.24) is 9.88 Å². The van der Waals surface area contributed by atoms with Crippen molar-refractivity contribution in [3.05, 3.63) is 83.2 Å². The van der Waals surface area contributed by atoms with Crippen molar-refractivity contribution in [2.75, 3.05) is 46.4 Å². The highest BCUT2D eigenvalue weighted by Crippen LogP contribution is 2.61. The van der Waals surface area contributed by atoms with Crippen molar-refractivity contribution in [2.24, 2.45) is 29.6 Å². The minimum atomic E-state index is -1.01. The molecule has 6 heterocycles. The Balaban J connectivity index is 1.07. The number of aromatic amines is 1. The second-order valence-corrected chi connectivity index (χ2v) is 16.6. The summed E-state index contributed by atoms with van der Waals surface area (Å²) in [4.78, 5) is 46.5. The van der Waals surface area contributed by atoms with E-state index < -0.39 is 72.0 Å². The van der Waals surface area contributed by atoms with Crippen LogP contribution >= 0.6 is 0 Å². The highest BCUT2D eigenvalue weighted by atomic mass is 16.6. The Hall–Kier alpha value is -3.81. The SMILES string of the molecule is CO[C@H]1CC2C=C[C@H]3[C@H]4O[C@]2(/C(C)=C/[C@@H](C)[C@@H](C(C)OC(=O)c2ccccc2C[N+]25CCN(CC2)CC5)OC1=O)[C@@H]3[C@H](O)[C@@H](C)[C@H]4OC(=O)c1ccc[nH]1. The number of aliphatic hydroxyl groups excluding tert-OH is 1. The zero-order chi connectivity index (χ0) is 37.9.